The van der Waals surface area contributed by atoms with Crippen LogP contribution in [-0.2, 0) is 25.0 Å². The van der Waals surface area contributed by atoms with Crippen LogP contribution in [0.25, 0.3) is 43.6 Å². The first-order valence-corrected chi connectivity index (χ1v) is 23.9. The molecule has 356 valence electrons. The molecule has 0 atom stereocenters. The van der Waals surface area contributed by atoms with Gasteiger partial charge in [-0.1, -0.05) is 64.5 Å². The van der Waals surface area contributed by atoms with Crippen LogP contribution in [0.4, 0.5) is 20.2 Å². The van der Waals surface area contributed by atoms with E-state index >= 15 is 4.39 Å². The van der Waals surface area contributed by atoms with Crippen molar-refractivity contribution in [1.29, 1.82) is 0 Å². The molecule has 4 aromatic heterocycles. The van der Waals surface area contributed by atoms with E-state index in [4.69, 9.17) is 5.11 Å². The Morgan fingerprint density at radius 3 is 1.55 bits per heavy atom. The molecule has 2 aliphatic heterocycles. The summed E-state index contributed by atoms with van der Waals surface area (Å²) in [6.45, 7) is 11.2. The van der Waals surface area contributed by atoms with Gasteiger partial charge in [-0.3, -0.25) is 24.5 Å². The molecular weight excluding hydrogens is 951 g/mol. The molecule has 10 rings (SSSR count). The molecule has 2 saturated heterocycles. The van der Waals surface area contributed by atoms with Crippen molar-refractivity contribution >= 4 is 82.9 Å². The van der Waals surface area contributed by atoms with E-state index in [1.54, 1.807) is 21.3 Å². The summed E-state index contributed by atoms with van der Waals surface area (Å²) in [6.07, 6.45) is 6.30. The van der Waals surface area contributed by atoms with Gasteiger partial charge in [0.25, 0.3) is 0 Å². The van der Waals surface area contributed by atoms with E-state index in [1.165, 1.54) is 35.0 Å². The number of aromatic nitrogens is 4. The van der Waals surface area contributed by atoms with Crippen LogP contribution >= 0.6 is 15.9 Å². The number of para-hydroxylation sites is 2. The van der Waals surface area contributed by atoms with Gasteiger partial charge in [0.05, 0.1) is 33.4 Å². The summed E-state index contributed by atoms with van der Waals surface area (Å²) in [6, 6.07) is 26.1. The number of benzene rings is 4. The molecule has 4 aromatic carbocycles. The summed E-state index contributed by atoms with van der Waals surface area (Å²) in [5.74, 6) is -3.62. The predicted octanol–water partition coefficient (Wildman–Crippen LogP) is 8.13. The van der Waals surface area contributed by atoms with Gasteiger partial charge in [0, 0.05) is 124 Å². The Morgan fingerprint density at radius 1 is 0.638 bits per heavy atom. The first-order chi connectivity index (χ1) is 33.4. The van der Waals surface area contributed by atoms with Gasteiger partial charge in [-0.2, -0.15) is 0 Å². The van der Waals surface area contributed by atoms with Crippen LogP contribution < -0.4 is 26.0 Å². The highest BCUT2D eigenvalue weighted by molar-refractivity contribution is 9.08. The normalized spacial score (nSPS) is 14.1. The number of carboxylic acid groups (broad SMARTS) is 2. The number of rotatable bonds is 9. The largest absolute Gasteiger partial charge is 0.477 e. The highest BCUT2D eigenvalue weighted by Gasteiger charge is 2.24. The number of halogens is 3. The smallest absolute Gasteiger partial charge is 0.341 e. The molecule has 8 aromatic rings. The van der Waals surface area contributed by atoms with Crippen molar-refractivity contribution in [3.05, 3.63) is 164 Å². The molecule has 6 heterocycles. The highest BCUT2D eigenvalue weighted by Crippen LogP contribution is 2.29. The fourth-order valence-electron chi connectivity index (χ4n) is 8.98. The molecule has 0 saturated carbocycles. The van der Waals surface area contributed by atoms with Crippen LogP contribution in [0.1, 0.15) is 45.7 Å². The number of hydrogen-bond acceptors (Lipinski definition) is 10. The monoisotopic (exact) mass is 1000 g/mol. The molecule has 17 heteroatoms. The lowest BCUT2D eigenvalue weighted by Crippen LogP contribution is -2.46. The van der Waals surface area contributed by atoms with Crippen LogP contribution in [-0.4, -0.2) is 98.5 Å². The fraction of sp³-hybridized carbons (Fsp3) is 0.269. The summed E-state index contributed by atoms with van der Waals surface area (Å²) in [5, 5.41) is 25.1. The SMILES string of the molecule is BrCc1cccc2cccnc12.CCn1cc(C(=O)O)c(=O)c2cc(F)c(N3CCN(Cc4cccc5cccnc45)CC3)cc21.CCn1cc(C(=O)O)c(=O)c2cc(F)c(N3CCNCC3)cc21. The third kappa shape index (κ3) is 10.4. The number of carboxylic acids is 2. The molecular formula is C52H51BrF2N8O6. The number of aryl methyl sites for hydroxylation is 2. The minimum absolute atomic E-state index is 0.0880. The Hall–Kier alpha value is -7.08. The van der Waals surface area contributed by atoms with Gasteiger partial charge in [-0.15, -0.1) is 0 Å². The Morgan fingerprint density at radius 2 is 1.09 bits per heavy atom. The number of alkyl halides is 1. The van der Waals surface area contributed by atoms with Crippen molar-refractivity contribution in [3.63, 3.8) is 0 Å². The maximum atomic E-state index is 15.1. The Bertz CT molecular complexity index is 3320. The summed E-state index contributed by atoms with van der Waals surface area (Å²) < 4.78 is 33.0. The minimum atomic E-state index is -1.31. The van der Waals surface area contributed by atoms with Gasteiger partial charge < -0.3 is 34.5 Å². The van der Waals surface area contributed by atoms with Gasteiger partial charge in [-0.25, -0.2) is 18.4 Å². The predicted molar refractivity (Wildman–Crippen MR) is 270 cm³/mol. The van der Waals surface area contributed by atoms with Crippen molar-refractivity contribution in [2.24, 2.45) is 0 Å². The molecule has 69 heavy (non-hydrogen) atoms. The molecule has 0 bridgehead atoms. The van der Waals surface area contributed by atoms with E-state index in [9.17, 15) is 28.7 Å². The molecule has 2 fully saturated rings. The average Bonchev–Trinajstić information content (AvgIpc) is 3.37. The summed E-state index contributed by atoms with van der Waals surface area (Å²) in [5.41, 5.74) is 4.49. The van der Waals surface area contributed by atoms with Crippen LogP contribution in [0.5, 0.6) is 0 Å². The number of hydrogen-bond donors (Lipinski definition) is 3. The molecule has 0 aliphatic carbocycles. The average molecular weight is 1000 g/mol. The third-order valence-electron chi connectivity index (χ3n) is 12.6. The fourth-order valence-corrected chi connectivity index (χ4v) is 9.43. The van der Waals surface area contributed by atoms with Gasteiger partial charge in [0.15, 0.2) is 0 Å². The number of piperazine rings is 2. The second-order valence-corrected chi connectivity index (χ2v) is 17.2. The molecule has 0 radical (unpaired) electrons. The van der Waals surface area contributed by atoms with Crippen molar-refractivity contribution in [2.75, 3.05) is 62.2 Å². The van der Waals surface area contributed by atoms with E-state index < -0.39 is 34.4 Å². The van der Waals surface area contributed by atoms with Crippen LogP contribution in [0.2, 0.25) is 0 Å². The molecule has 0 spiro atoms. The zero-order valence-electron chi connectivity index (χ0n) is 38.2. The van der Waals surface area contributed by atoms with Crippen LogP contribution in [0, 0.1) is 11.6 Å². The first kappa shape index (κ1) is 48.4. The summed E-state index contributed by atoms with van der Waals surface area (Å²) in [7, 11) is 0. The molecule has 0 unspecified atom stereocenters. The molecule has 2 aliphatic rings. The maximum Gasteiger partial charge on any atom is 0.341 e. The van der Waals surface area contributed by atoms with Gasteiger partial charge in [0.2, 0.25) is 10.9 Å². The molecule has 14 nitrogen and oxygen atoms in total. The lowest BCUT2D eigenvalue weighted by molar-refractivity contribution is 0.0684. The molecule has 3 N–H and O–H groups in total. The number of anilines is 2. The minimum Gasteiger partial charge on any atom is -0.477 e. The van der Waals surface area contributed by atoms with E-state index in [-0.39, 0.29) is 21.9 Å². The number of nitrogens with one attached hydrogen (secondary N) is 1. The van der Waals surface area contributed by atoms with Crippen LogP contribution in [0.15, 0.2) is 119 Å². The van der Waals surface area contributed by atoms with Crippen molar-refractivity contribution in [2.45, 2.75) is 38.8 Å². The van der Waals surface area contributed by atoms with E-state index in [1.807, 2.05) is 54.2 Å². The van der Waals surface area contributed by atoms with Gasteiger partial charge in [0.1, 0.15) is 22.8 Å². The summed E-state index contributed by atoms with van der Waals surface area (Å²) >= 11 is 3.44. The van der Waals surface area contributed by atoms with E-state index in [0.717, 1.165) is 60.5 Å². The van der Waals surface area contributed by atoms with E-state index in [0.29, 0.717) is 61.7 Å². The number of pyridine rings is 4. The highest BCUT2D eigenvalue weighted by atomic mass is 79.9. The lowest BCUT2D eigenvalue weighted by Gasteiger charge is -2.36. The Balaban J connectivity index is 0.000000157. The number of nitrogens with zero attached hydrogens (tertiary/aromatic N) is 7. The number of carbonyl (C=O) groups is 2. The molecule has 0 amide bonds. The zero-order chi connectivity index (χ0) is 48.8. The van der Waals surface area contributed by atoms with Crippen molar-refractivity contribution in [1.82, 2.24) is 29.3 Å². The first-order valence-electron chi connectivity index (χ1n) is 22.7. The standard InChI is InChI=1S/C26H25FN4O3.C16H18FN3O3.C10H8BrN/c1-2-30-16-20(26(33)34)25(32)19-13-21(27)23(14-22(19)30)31-11-9-29(10-12-31)15-18-6-3-5-17-7-4-8-28-24(17)18;1-2-19-9-11(16(22)23)15(21)10-7-12(17)14(8-13(10)19)20-5-3-18-4-6-20;11-7-9-4-1-3-8-5-2-6-12-10(8)9/h3-8,13-14,16H,2,9-12,15H2,1H3,(H,33,34);7-9,18H,2-6H2,1H3,(H,22,23);1-6H,7H2. The van der Waals surface area contributed by atoms with Crippen LogP contribution in [0.3, 0.4) is 0 Å². The topological polar surface area (TPSA) is 166 Å². The lowest BCUT2D eigenvalue weighted by atomic mass is 10.1. The third-order valence-corrected chi connectivity index (χ3v) is 13.2. The Kier molecular flexibility index (Phi) is 15.1. The second-order valence-electron chi connectivity index (χ2n) is 16.7. The Labute approximate surface area is 404 Å². The van der Waals surface area contributed by atoms with Crippen molar-refractivity contribution in [3.8, 4) is 0 Å². The zero-order valence-corrected chi connectivity index (χ0v) is 39.8. The maximum absolute atomic E-state index is 15.1. The van der Waals surface area contributed by atoms with Crippen molar-refractivity contribution < 1.29 is 28.6 Å². The quantitative estimate of drug-likeness (QED) is 0.119. The number of aromatic carboxylic acids is 2. The van der Waals surface area contributed by atoms with Gasteiger partial charge in [-0.05, 0) is 61.4 Å². The second kappa shape index (κ2) is 21.5. The number of fused-ring (bicyclic) bond motifs is 4. The van der Waals surface area contributed by atoms with Gasteiger partial charge >= 0.3 is 11.9 Å². The van der Waals surface area contributed by atoms with E-state index in [2.05, 4.69) is 78.6 Å². The summed E-state index contributed by atoms with van der Waals surface area (Å²) in [4.78, 5) is 62.7.